The maximum Gasteiger partial charge on any atom is 0.329 e. The molecule has 0 saturated heterocycles. The van der Waals surface area contributed by atoms with Crippen LogP contribution in [0.25, 0.3) is 0 Å². The van der Waals surface area contributed by atoms with Gasteiger partial charge >= 0.3 is 12.0 Å². The van der Waals surface area contributed by atoms with Crippen LogP contribution in [0.15, 0.2) is 0 Å². The van der Waals surface area contributed by atoms with Crippen molar-refractivity contribution in [3.63, 3.8) is 0 Å². The molecule has 0 radical (unpaired) electrons. The Bertz CT molecular complexity index is 360. The standard InChI is InChI=1S/C15H28N2O3/c1-10(2)12(4)17(5)14(20)16-15(13(18)19)8-6-11(3)7-9-15/h10-12H,6-9H2,1-5H3,(H,16,20)(H,18,19). The van der Waals surface area contributed by atoms with Gasteiger partial charge in [0.1, 0.15) is 5.54 Å². The van der Waals surface area contributed by atoms with Crippen molar-refractivity contribution >= 4 is 12.0 Å². The van der Waals surface area contributed by atoms with E-state index in [9.17, 15) is 14.7 Å². The van der Waals surface area contributed by atoms with Gasteiger partial charge < -0.3 is 15.3 Å². The third-order valence-corrected chi connectivity index (χ3v) is 4.78. The van der Waals surface area contributed by atoms with Crippen LogP contribution >= 0.6 is 0 Å². The number of nitrogens with one attached hydrogen (secondary N) is 1. The van der Waals surface area contributed by atoms with Crippen molar-refractivity contribution in [2.75, 3.05) is 7.05 Å². The molecule has 2 N–H and O–H groups in total. The molecule has 5 nitrogen and oxygen atoms in total. The smallest absolute Gasteiger partial charge is 0.329 e. The van der Waals surface area contributed by atoms with E-state index in [1.54, 1.807) is 11.9 Å². The van der Waals surface area contributed by atoms with E-state index in [0.29, 0.717) is 24.7 Å². The summed E-state index contributed by atoms with van der Waals surface area (Å²) in [5.74, 6) is -0.0482. The maximum absolute atomic E-state index is 12.3. The van der Waals surface area contributed by atoms with Crippen LogP contribution in [0.2, 0.25) is 0 Å². The minimum absolute atomic E-state index is 0.0726. The lowest BCUT2D eigenvalue weighted by atomic mass is 9.77. The second kappa shape index (κ2) is 6.46. The van der Waals surface area contributed by atoms with Crippen LogP contribution in [0.5, 0.6) is 0 Å². The normalized spacial score (nSPS) is 28.0. The highest BCUT2D eigenvalue weighted by Crippen LogP contribution is 2.32. The zero-order valence-corrected chi connectivity index (χ0v) is 13.3. The van der Waals surface area contributed by atoms with Gasteiger partial charge in [-0.25, -0.2) is 9.59 Å². The number of urea groups is 1. The number of hydrogen-bond donors (Lipinski definition) is 2. The van der Waals surface area contributed by atoms with E-state index in [2.05, 4.69) is 12.2 Å². The number of nitrogens with zero attached hydrogens (tertiary/aromatic N) is 1. The number of carboxylic acids is 1. The van der Waals surface area contributed by atoms with Crippen molar-refractivity contribution < 1.29 is 14.7 Å². The van der Waals surface area contributed by atoms with Crippen LogP contribution in [-0.2, 0) is 4.79 Å². The van der Waals surface area contributed by atoms with Crippen LogP contribution < -0.4 is 5.32 Å². The quantitative estimate of drug-likeness (QED) is 0.834. The van der Waals surface area contributed by atoms with Crippen molar-refractivity contribution in [2.24, 2.45) is 11.8 Å². The fourth-order valence-corrected chi connectivity index (χ4v) is 2.57. The summed E-state index contributed by atoms with van der Waals surface area (Å²) in [5.41, 5.74) is -1.09. The maximum atomic E-state index is 12.3. The molecule has 20 heavy (non-hydrogen) atoms. The second-order valence-corrected chi connectivity index (χ2v) is 6.60. The summed E-state index contributed by atoms with van der Waals surface area (Å²) in [6.07, 6.45) is 2.71. The lowest BCUT2D eigenvalue weighted by molar-refractivity contribution is -0.146. The fourth-order valence-electron chi connectivity index (χ4n) is 2.57. The third-order valence-electron chi connectivity index (χ3n) is 4.78. The SMILES string of the molecule is CC1CCC(NC(=O)N(C)C(C)C(C)C)(C(=O)O)CC1. The molecule has 0 aromatic carbocycles. The van der Waals surface area contributed by atoms with E-state index in [-0.39, 0.29) is 12.1 Å². The predicted octanol–water partition coefficient (Wildman–Crippen LogP) is 2.71. The molecule has 1 rings (SSSR count). The molecular weight excluding hydrogens is 256 g/mol. The van der Waals surface area contributed by atoms with Crippen molar-refractivity contribution in [2.45, 2.75) is 65.0 Å². The molecule has 0 aromatic rings. The van der Waals surface area contributed by atoms with Crippen LogP contribution in [0, 0.1) is 11.8 Å². The first-order chi connectivity index (χ1) is 9.19. The Labute approximate surface area is 121 Å². The summed E-state index contributed by atoms with van der Waals surface area (Å²) in [6, 6.07) is -0.216. The molecule has 0 aromatic heterocycles. The average molecular weight is 284 g/mol. The Morgan fingerprint density at radius 1 is 1.25 bits per heavy atom. The van der Waals surface area contributed by atoms with Crippen LogP contribution in [0.1, 0.15) is 53.4 Å². The highest BCUT2D eigenvalue weighted by Gasteiger charge is 2.43. The highest BCUT2D eigenvalue weighted by atomic mass is 16.4. The topological polar surface area (TPSA) is 69.6 Å². The van der Waals surface area contributed by atoms with E-state index < -0.39 is 11.5 Å². The molecule has 1 atom stereocenters. The van der Waals surface area contributed by atoms with Crippen LogP contribution in [-0.4, -0.2) is 40.6 Å². The van der Waals surface area contributed by atoms with Crippen molar-refractivity contribution in [1.29, 1.82) is 0 Å². The number of carbonyl (C=O) groups excluding carboxylic acids is 1. The fraction of sp³-hybridized carbons (Fsp3) is 0.867. The Hall–Kier alpha value is -1.26. The molecule has 1 aliphatic rings. The number of aliphatic carboxylic acids is 1. The molecule has 1 unspecified atom stereocenters. The molecule has 2 amide bonds. The molecule has 1 saturated carbocycles. The minimum atomic E-state index is -1.09. The van der Waals surface area contributed by atoms with E-state index >= 15 is 0 Å². The number of carbonyl (C=O) groups is 2. The Morgan fingerprint density at radius 3 is 2.15 bits per heavy atom. The molecule has 1 aliphatic carbocycles. The van der Waals surface area contributed by atoms with Gasteiger partial charge in [0, 0.05) is 13.1 Å². The zero-order valence-electron chi connectivity index (χ0n) is 13.3. The number of amides is 2. The lowest BCUT2D eigenvalue weighted by Crippen LogP contribution is -2.60. The Morgan fingerprint density at radius 2 is 1.75 bits per heavy atom. The van der Waals surface area contributed by atoms with Gasteiger partial charge in [-0.3, -0.25) is 0 Å². The third kappa shape index (κ3) is 3.64. The summed E-state index contributed by atoms with van der Waals surface area (Å²) in [4.78, 5) is 25.5. The molecule has 0 spiro atoms. The first-order valence-corrected chi connectivity index (χ1v) is 7.48. The van der Waals surface area contributed by atoms with E-state index in [1.165, 1.54) is 0 Å². The first kappa shape index (κ1) is 16.8. The number of hydrogen-bond acceptors (Lipinski definition) is 2. The molecule has 116 valence electrons. The average Bonchev–Trinajstić information content (AvgIpc) is 2.39. The molecule has 5 heteroatoms. The Balaban J connectivity index is 2.76. The van der Waals surface area contributed by atoms with Gasteiger partial charge in [-0.15, -0.1) is 0 Å². The van der Waals surface area contributed by atoms with Crippen LogP contribution in [0.4, 0.5) is 4.79 Å². The largest absolute Gasteiger partial charge is 0.480 e. The van der Waals surface area contributed by atoms with Crippen molar-refractivity contribution in [1.82, 2.24) is 10.2 Å². The van der Waals surface area contributed by atoms with Gasteiger partial charge in [0.15, 0.2) is 0 Å². The summed E-state index contributed by atoms with van der Waals surface area (Å²) in [5, 5.41) is 12.3. The minimum Gasteiger partial charge on any atom is -0.480 e. The molecule has 1 fully saturated rings. The predicted molar refractivity (Wildman–Crippen MR) is 78.6 cm³/mol. The molecule has 0 bridgehead atoms. The monoisotopic (exact) mass is 284 g/mol. The van der Waals surface area contributed by atoms with Crippen molar-refractivity contribution in [3.8, 4) is 0 Å². The van der Waals surface area contributed by atoms with Gasteiger partial charge in [0.25, 0.3) is 0 Å². The number of carboxylic acid groups (broad SMARTS) is 1. The van der Waals surface area contributed by atoms with Crippen LogP contribution in [0.3, 0.4) is 0 Å². The lowest BCUT2D eigenvalue weighted by Gasteiger charge is -2.38. The number of rotatable bonds is 4. The summed E-state index contributed by atoms with van der Waals surface area (Å²) in [6.45, 7) is 8.19. The van der Waals surface area contributed by atoms with Crippen molar-refractivity contribution in [3.05, 3.63) is 0 Å². The Kier molecular flexibility index (Phi) is 5.42. The zero-order chi connectivity index (χ0) is 15.5. The highest BCUT2D eigenvalue weighted by molar-refractivity contribution is 5.86. The molecule has 0 heterocycles. The van der Waals surface area contributed by atoms with Gasteiger partial charge in [-0.2, -0.15) is 0 Å². The van der Waals surface area contributed by atoms with Gasteiger partial charge in [-0.05, 0) is 44.4 Å². The van der Waals surface area contributed by atoms with E-state index in [4.69, 9.17) is 0 Å². The van der Waals surface area contributed by atoms with E-state index in [0.717, 1.165) is 12.8 Å². The molecule has 0 aliphatic heterocycles. The van der Waals surface area contributed by atoms with E-state index in [1.807, 2.05) is 20.8 Å². The van der Waals surface area contributed by atoms with Gasteiger partial charge in [0.2, 0.25) is 0 Å². The molecular formula is C15H28N2O3. The second-order valence-electron chi connectivity index (χ2n) is 6.60. The van der Waals surface area contributed by atoms with Gasteiger partial charge in [-0.1, -0.05) is 20.8 Å². The first-order valence-electron chi connectivity index (χ1n) is 7.48. The summed E-state index contributed by atoms with van der Waals surface area (Å²) < 4.78 is 0. The van der Waals surface area contributed by atoms with Gasteiger partial charge in [0.05, 0.1) is 0 Å². The summed E-state index contributed by atoms with van der Waals surface area (Å²) >= 11 is 0. The summed E-state index contributed by atoms with van der Waals surface area (Å²) in [7, 11) is 1.72.